The minimum absolute atomic E-state index is 0. The quantitative estimate of drug-likeness (QED) is 0.363. The fourth-order valence-corrected chi connectivity index (χ4v) is 3.22. The van der Waals surface area contributed by atoms with Crippen molar-refractivity contribution in [3.05, 3.63) is 41.7 Å². The lowest BCUT2D eigenvalue weighted by molar-refractivity contribution is -0.00805. The Morgan fingerprint density at radius 1 is 1.34 bits per heavy atom. The molecule has 160 valence electrons. The van der Waals surface area contributed by atoms with Gasteiger partial charge < -0.3 is 24.4 Å². The Morgan fingerprint density at radius 3 is 2.83 bits per heavy atom. The topological polar surface area (TPSA) is 73.1 Å². The van der Waals surface area contributed by atoms with Crippen molar-refractivity contribution in [3.8, 4) is 11.5 Å². The van der Waals surface area contributed by atoms with Crippen LogP contribution in [0, 0.1) is 0 Å². The van der Waals surface area contributed by atoms with Gasteiger partial charge in [-0.25, -0.2) is 4.99 Å². The van der Waals surface area contributed by atoms with Crippen LogP contribution >= 0.6 is 24.0 Å². The van der Waals surface area contributed by atoms with Crippen molar-refractivity contribution in [2.75, 3.05) is 40.5 Å². The maximum absolute atomic E-state index is 5.95. The van der Waals surface area contributed by atoms with Crippen LogP contribution < -0.4 is 14.8 Å². The molecule has 29 heavy (non-hydrogen) atoms. The Hall–Kier alpha value is -2.01. The number of hydrogen-bond acceptors (Lipinski definition) is 5. The van der Waals surface area contributed by atoms with Crippen LogP contribution in [0.2, 0.25) is 0 Å². The van der Waals surface area contributed by atoms with Crippen molar-refractivity contribution < 1.29 is 14.2 Å². The number of nitrogens with one attached hydrogen (secondary N) is 1. The molecular weight excluding hydrogens is 485 g/mol. The SMILES string of the molecule is CCNC(=NCc1ccc(OC)cc1OC)N1CCOC(c2cnn(C)c2)C1.I. The Balaban J connectivity index is 0.00000300. The van der Waals surface area contributed by atoms with Crippen LogP contribution in [0.25, 0.3) is 0 Å². The monoisotopic (exact) mass is 515 g/mol. The molecule has 1 N–H and O–H groups in total. The highest BCUT2D eigenvalue weighted by Crippen LogP contribution is 2.26. The molecule has 2 heterocycles. The molecule has 3 rings (SSSR count). The van der Waals surface area contributed by atoms with Gasteiger partial charge in [-0.1, -0.05) is 0 Å². The summed E-state index contributed by atoms with van der Waals surface area (Å²) in [6.07, 6.45) is 3.85. The highest BCUT2D eigenvalue weighted by Gasteiger charge is 2.25. The van der Waals surface area contributed by atoms with Crippen molar-refractivity contribution >= 4 is 29.9 Å². The molecule has 0 spiro atoms. The number of benzene rings is 1. The molecule has 0 bridgehead atoms. The molecule has 1 aliphatic rings. The van der Waals surface area contributed by atoms with Gasteiger partial charge in [-0.05, 0) is 19.1 Å². The summed E-state index contributed by atoms with van der Waals surface area (Å²) in [4.78, 5) is 7.08. The fraction of sp³-hybridized carbons (Fsp3) is 0.500. The van der Waals surface area contributed by atoms with E-state index in [9.17, 15) is 0 Å². The maximum Gasteiger partial charge on any atom is 0.194 e. The molecule has 1 aliphatic heterocycles. The first-order valence-corrected chi connectivity index (χ1v) is 9.49. The molecule has 0 saturated carbocycles. The summed E-state index contributed by atoms with van der Waals surface area (Å²) >= 11 is 0. The van der Waals surface area contributed by atoms with Crippen LogP contribution in [0.15, 0.2) is 35.6 Å². The zero-order valence-electron chi connectivity index (χ0n) is 17.4. The lowest BCUT2D eigenvalue weighted by atomic mass is 10.1. The van der Waals surface area contributed by atoms with Gasteiger partial charge in [0, 0.05) is 43.5 Å². The molecule has 0 radical (unpaired) electrons. The Bertz CT molecular complexity index is 811. The van der Waals surface area contributed by atoms with Crippen LogP contribution in [0.1, 0.15) is 24.2 Å². The highest BCUT2D eigenvalue weighted by molar-refractivity contribution is 14.0. The third-order valence-electron chi connectivity index (χ3n) is 4.69. The first-order chi connectivity index (χ1) is 13.6. The summed E-state index contributed by atoms with van der Waals surface area (Å²) in [6.45, 7) is 5.57. The van der Waals surface area contributed by atoms with Gasteiger partial charge in [0.25, 0.3) is 0 Å². The van der Waals surface area contributed by atoms with Gasteiger partial charge >= 0.3 is 0 Å². The molecular formula is C20H30IN5O3. The molecule has 1 unspecified atom stereocenters. The van der Waals surface area contributed by atoms with Crippen molar-refractivity contribution in [3.63, 3.8) is 0 Å². The van der Waals surface area contributed by atoms with E-state index in [0.717, 1.165) is 48.2 Å². The number of aliphatic imine (C=N–C) groups is 1. The third-order valence-corrected chi connectivity index (χ3v) is 4.69. The molecule has 1 fully saturated rings. The summed E-state index contributed by atoms with van der Waals surface area (Å²) in [6, 6.07) is 5.79. The third kappa shape index (κ3) is 5.99. The average Bonchev–Trinajstić information content (AvgIpc) is 3.17. The molecule has 9 heteroatoms. The molecule has 2 aromatic rings. The number of aromatic nitrogens is 2. The first kappa shape index (κ1) is 23.3. The minimum atomic E-state index is -0.0122. The molecule has 0 aliphatic carbocycles. The van der Waals surface area contributed by atoms with Crippen LogP contribution in [0.5, 0.6) is 11.5 Å². The van der Waals surface area contributed by atoms with Gasteiger partial charge in [0.2, 0.25) is 0 Å². The predicted molar refractivity (Wildman–Crippen MR) is 123 cm³/mol. The van der Waals surface area contributed by atoms with Crippen molar-refractivity contribution in [2.45, 2.75) is 19.6 Å². The number of methoxy groups -OCH3 is 2. The summed E-state index contributed by atoms with van der Waals surface area (Å²) in [7, 11) is 5.22. The molecule has 1 aromatic heterocycles. The first-order valence-electron chi connectivity index (χ1n) is 9.49. The number of hydrogen-bond donors (Lipinski definition) is 1. The second kappa shape index (κ2) is 11.2. The van der Waals surface area contributed by atoms with Crippen LogP contribution in [0.3, 0.4) is 0 Å². The van der Waals surface area contributed by atoms with E-state index in [4.69, 9.17) is 19.2 Å². The van der Waals surface area contributed by atoms with Gasteiger partial charge in [0.05, 0.1) is 40.1 Å². The normalized spacial score (nSPS) is 16.9. The van der Waals surface area contributed by atoms with Gasteiger partial charge in [0.1, 0.15) is 17.6 Å². The Morgan fingerprint density at radius 2 is 2.17 bits per heavy atom. The standard InChI is InChI=1S/C20H29N5O3.HI/c1-5-21-20(22-11-15-6-7-17(26-3)10-18(15)27-4)25-8-9-28-19(14-25)16-12-23-24(2)13-16;/h6-7,10,12-13,19H,5,8-9,11,14H2,1-4H3,(H,21,22);1H. The van der Waals surface area contributed by atoms with E-state index in [1.807, 2.05) is 37.6 Å². The number of aryl methyl sites for hydroxylation is 1. The highest BCUT2D eigenvalue weighted by atomic mass is 127. The van der Waals surface area contributed by atoms with E-state index in [2.05, 4.69) is 22.2 Å². The number of ether oxygens (including phenoxy) is 3. The van der Waals surface area contributed by atoms with Crippen molar-refractivity contribution in [1.29, 1.82) is 0 Å². The molecule has 1 saturated heterocycles. The Labute approximate surface area is 189 Å². The molecule has 1 aromatic carbocycles. The Kier molecular flexibility index (Phi) is 9.02. The lowest BCUT2D eigenvalue weighted by Gasteiger charge is -2.34. The largest absolute Gasteiger partial charge is 0.497 e. The fourth-order valence-electron chi connectivity index (χ4n) is 3.22. The number of guanidine groups is 1. The van der Waals surface area contributed by atoms with E-state index in [-0.39, 0.29) is 30.1 Å². The van der Waals surface area contributed by atoms with Gasteiger partial charge in [-0.3, -0.25) is 4.68 Å². The number of morpholine rings is 1. The second-order valence-electron chi connectivity index (χ2n) is 6.60. The summed E-state index contributed by atoms with van der Waals surface area (Å²) < 4.78 is 18.5. The van der Waals surface area contributed by atoms with Crippen molar-refractivity contribution in [2.24, 2.45) is 12.0 Å². The predicted octanol–water partition coefficient (Wildman–Crippen LogP) is 2.59. The van der Waals surface area contributed by atoms with Gasteiger partial charge in [-0.2, -0.15) is 5.10 Å². The maximum atomic E-state index is 5.95. The zero-order chi connectivity index (χ0) is 19.9. The second-order valence-corrected chi connectivity index (χ2v) is 6.60. The van der Waals surface area contributed by atoms with Crippen LogP contribution in [-0.2, 0) is 18.3 Å². The molecule has 1 atom stereocenters. The van der Waals surface area contributed by atoms with Crippen molar-refractivity contribution in [1.82, 2.24) is 20.0 Å². The summed E-state index contributed by atoms with van der Waals surface area (Å²) in [5.41, 5.74) is 2.09. The van der Waals surface area contributed by atoms with Crippen LogP contribution in [0.4, 0.5) is 0 Å². The smallest absolute Gasteiger partial charge is 0.194 e. The van der Waals surface area contributed by atoms with E-state index >= 15 is 0 Å². The molecule has 8 nitrogen and oxygen atoms in total. The number of halogens is 1. The van der Waals surface area contributed by atoms with E-state index in [1.165, 1.54) is 0 Å². The number of rotatable bonds is 6. The van der Waals surface area contributed by atoms with Gasteiger partial charge in [-0.15, -0.1) is 24.0 Å². The lowest BCUT2D eigenvalue weighted by Crippen LogP contribution is -2.48. The van der Waals surface area contributed by atoms with Crippen LogP contribution in [-0.4, -0.2) is 61.1 Å². The average molecular weight is 515 g/mol. The van der Waals surface area contributed by atoms with E-state index in [1.54, 1.807) is 18.9 Å². The summed E-state index contributed by atoms with van der Waals surface area (Å²) in [5.74, 6) is 2.41. The minimum Gasteiger partial charge on any atom is -0.497 e. The molecule has 0 amide bonds. The van der Waals surface area contributed by atoms with E-state index < -0.39 is 0 Å². The number of nitrogens with zero attached hydrogens (tertiary/aromatic N) is 4. The van der Waals surface area contributed by atoms with E-state index in [0.29, 0.717) is 13.2 Å². The summed E-state index contributed by atoms with van der Waals surface area (Å²) in [5, 5.41) is 7.65. The zero-order valence-corrected chi connectivity index (χ0v) is 19.8. The van der Waals surface area contributed by atoms with Gasteiger partial charge in [0.15, 0.2) is 5.96 Å².